The first-order valence-corrected chi connectivity index (χ1v) is 15.4. The number of thiazole rings is 1. The number of amides is 1. The molecule has 0 atom stereocenters. The fraction of sp³-hybridized carbons (Fsp3) is 0.440. The molecule has 1 aromatic heterocycles. The first-order valence-electron chi connectivity index (χ1n) is 11.9. The van der Waals surface area contributed by atoms with Crippen LogP contribution in [0.3, 0.4) is 0 Å². The van der Waals surface area contributed by atoms with E-state index in [1.54, 1.807) is 27.8 Å². The van der Waals surface area contributed by atoms with Crippen molar-refractivity contribution in [2.45, 2.75) is 29.6 Å². The van der Waals surface area contributed by atoms with Gasteiger partial charge in [0.2, 0.25) is 15.9 Å². The summed E-state index contributed by atoms with van der Waals surface area (Å²) in [6, 6.07) is 13.4. The van der Waals surface area contributed by atoms with E-state index in [-0.39, 0.29) is 11.8 Å². The van der Waals surface area contributed by atoms with Crippen LogP contribution in [0.4, 0.5) is 5.13 Å². The van der Waals surface area contributed by atoms with Crippen molar-refractivity contribution < 1.29 is 13.2 Å². The maximum Gasteiger partial charge on any atom is 0.244 e. The molecule has 10 heteroatoms. The molecule has 0 radical (unpaired) electrons. The van der Waals surface area contributed by atoms with E-state index in [0.29, 0.717) is 43.9 Å². The number of thioether (sulfide) groups is 1. The van der Waals surface area contributed by atoms with Gasteiger partial charge in [0.15, 0.2) is 5.13 Å². The molecule has 0 spiro atoms. The van der Waals surface area contributed by atoms with Gasteiger partial charge < -0.3 is 9.80 Å². The van der Waals surface area contributed by atoms with E-state index < -0.39 is 10.0 Å². The summed E-state index contributed by atoms with van der Waals surface area (Å²) < 4.78 is 29.1. The summed E-state index contributed by atoms with van der Waals surface area (Å²) in [5.41, 5.74) is 2.26. The Labute approximate surface area is 215 Å². The summed E-state index contributed by atoms with van der Waals surface area (Å²) in [7, 11) is -3.56. The zero-order valence-electron chi connectivity index (χ0n) is 20.0. The molecule has 5 rings (SSSR count). The van der Waals surface area contributed by atoms with Gasteiger partial charge in [-0.05, 0) is 55.9 Å². The van der Waals surface area contributed by atoms with Crippen molar-refractivity contribution in [3.8, 4) is 0 Å². The van der Waals surface area contributed by atoms with E-state index >= 15 is 0 Å². The number of hydrogen-bond acceptors (Lipinski definition) is 7. The van der Waals surface area contributed by atoms with Crippen LogP contribution in [0.1, 0.15) is 18.4 Å². The zero-order valence-corrected chi connectivity index (χ0v) is 22.5. The molecule has 0 bridgehead atoms. The molecule has 2 saturated heterocycles. The Morgan fingerprint density at radius 3 is 2.46 bits per heavy atom. The van der Waals surface area contributed by atoms with Crippen LogP contribution in [0.2, 0.25) is 0 Å². The lowest BCUT2D eigenvalue weighted by atomic mass is 9.96. The van der Waals surface area contributed by atoms with Gasteiger partial charge in [-0.3, -0.25) is 4.79 Å². The topological polar surface area (TPSA) is 73.8 Å². The molecule has 2 aliphatic heterocycles. The van der Waals surface area contributed by atoms with Gasteiger partial charge in [0.05, 0.1) is 15.1 Å². The number of nitrogens with zero attached hydrogens (tertiary/aromatic N) is 4. The Hall–Kier alpha value is -2.14. The van der Waals surface area contributed by atoms with Crippen molar-refractivity contribution >= 4 is 54.4 Å². The van der Waals surface area contributed by atoms with Gasteiger partial charge in [-0.2, -0.15) is 4.31 Å². The number of piperazine rings is 1. The van der Waals surface area contributed by atoms with Gasteiger partial charge in [-0.15, -0.1) is 11.8 Å². The van der Waals surface area contributed by atoms with E-state index in [0.717, 1.165) is 28.6 Å². The number of aryl methyl sites for hydroxylation is 1. The number of rotatable bonds is 5. The van der Waals surface area contributed by atoms with E-state index in [1.807, 2.05) is 23.3 Å². The van der Waals surface area contributed by atoms with Crippen LogP contribution in [0.25, 0.3) is 10.2 Å². The third-order valence-corrected chi connectivity index (χ3v) is 10.8. The van der Waals surface area contributed by atoms with E-state index in [9.17, 15) is 13.2 Å². The second-order valence-corrected chi connectivity index (χ2v) is 12.9. The summed E-state index contributed by atoms with van der Waals surface area (Å²) in [6.45, 7) is 5.73. The highest BCUT2D eigenvalue weighted by molar-refractivity contribution is 7.99. The lowest BCUT2D eigenvalue weighted by Gasteiger charge is -2.38. The number of fused-ring (bicyclic) bond motifs is 1. The second kappa shape index (κ2) is 10.1. The van der Waals surface area contributed by atoms with Gasteiger partial charge in [-0.1, -0.05) is 29.5 Å². The van der Waals surface area contributed by atoms with E-state index in [2.05, 4.69) is 30.0 Å². The number of carbonyl (C=O) groups is 1. The van der Waals surface area contributed by atoms with Crippen molar-refractivity contribution in [1.82, 2.24) is 14.2 Å². The first kappa shape index (κ1) is 24.5. The van der Waals surface area contributed by atoms with Crippen LogP contribution < -0.4 is 4.90 Å². The minimum Gasteiger partial charge on any atom is -0.345 e. The van der Waals surface area contributed by atoms with E-state index in [1.165, 1.54) is 22.0 Å². The SMILES string of the molecule is CSc1ccccc1S(=O)(=O)N1CCC(C(=O)N2CCN(c3nc4ccc(C)cc4s3)CC2)CC1. The minimum absolute atomic E-state index is 0.116. The molecule has 7 nitrogen and oxygen atoms in total. The summed E-state index contributed by atoms with van der Waals surface area (Å²) in [5, 5.41) is 1.02. The Kier molecular flexibility index (Phi) is 7.07. The Balaban J connectivity index is 1.17. The molecule has 0 aliphatic carbocycles. The Morgan fingerprint density at radius 1 is 1.03 bits per heavy atom. The normalized spacial score (nSPS) is 18.3. The molecule has 3 aromatic rings. The fourth-order valence-electron chi connectivity index (χ4n) is 4.85. The molecule has 186 valence electrons. The van der Waals surface area contributed by atoms with Crippen molar-refractivity contribution in [3.05, 3.63) is 48.0 Å². The first-order chi connectivity index (χ1) is 16.9. The van der Waals surface area contributed by atoms with Gasteiger partial charge in [-0.25, -0.2) is 13.4 Å². The molecule has 0 N–H and O–H groups in total. The lowest BCUT2D eigenvalue weighted by molar-refractivity contribution is -0.137. The lowest BCUT2D eigenvalue weighted by Crippen LogP contribution is -2.52. The highest BCUT2D eigenvalue weighted by Crippen LogP contribution is 2.32. The number of hydrogen-bond donors (Lipinski definition) is 0. The number of anilines is 1. The largest absolute Gasteiger partial charge is 0.345 e. The van der Waals surface area contributed by atoms with Crippen molar-refractivity contribution in [3.63, 3.8) is 0 Å². The molecule has 2 aliphatic rings. The van der Waals surface area contributed by atoms with E-state index in [4.69, 9.17) is 4.98 Å². The standard InChI is InChI=1S/C25H30N4O3S3/c1-18-7-8-20-22(17-18)34-25(26-20)28-15-13-27(14-16-28)24(30)19-9-11-29(12-10-19)35(31,32)23-6-4-3-5-21(23)33-2/h3-8,17,19H,9-16H2,1-2H3. The minimum atomic E-state index is -3.56. The van der Waals surface area contributed by atoms with Crippen molar-refractivity contribution in [2.75, 3.05) is 50.4 Å². The molecule has 35 heavy (non-hydrogen) atoms. The van der Waals surface area contributed by atoms with Crippen molar-refractivity contribution in [2.24, 2.45) is 5.92 Å². The molecule has 1 amide bonds. The predicted molar refractivity (Wildman–Crippen MR) is 143 cm³/mol. The van der Waals surface area contributed by atoms with Gasteiger partial charge >= 0.3 is 0 Å². The molecule has 3 heterocycles. The number of benzene rings is 2. The van der Waals surface area contributed by atoms with Gasteiger partial charge in [0, 0.05) is 50.1 Å². The molecule has 2 fully saturated rings. The number of piperidine rings is 1. The second-order valence-electron chi connectivity index (χ2n) is 9.11. The molecular formula is C25H30N4O3S3. The summed E-state index contributed by atoms with van der Waals surface area (Å²) in [5.74, 6) is 0.0420. The quantitative estimate of drug-likeness (QED) is 0.463. The summed E-state index contributed by atoms with van der Waals surface area (Å²) >= 11 is 3.14. The summed E-state index contributed by atoms with van der Waals surface area (Å²) in [6.07, 6.45) is 3.02. The number of sulfonamides is 1. The molecule has 2 aromatic carbocycles. The summed E-state index contributed by atoms with van der Waals surface area (Å²) in [4.78, 5) is 23.3. The Bertz CT molecular complexity index is 1320. The monoisotopic (exact) mass is 530 g/mol. The molecule has 0 unspecified atom stereocenters. The van der Waals surface area contributed by atoms with Crippen molar-refractivity contribution in [1.29, 1.82) is 0 Å². The molecule has 0 saturated carbocycles. The third-order valence-electron chi connectivity index (χ3n) is 6.88. The number of aromatic nitrogens is 1. The zero-order chi connectivity index (χ0) is 24.6. The fourth-order valence-corrected chi connectivity index (χ4v) is 8.55. The Morgan fingerprint density at radius 2 is 1.74 bits per heavy atom. The van der Waals surface area contributed by atoms with Crippen LogP contribution in [0, 0.1) is 12.8 Å². The maximum absolute atomic E-state index is 13.2. The van der Waals surface area contributed by atoms with Crippen LogP contribution in [-0.4, -0.2) is 74.0 Å². The number of carbonyl (C=O) groups excluding carboxylic acids is 1. The van der Waals surface area contributed by atoms with Gasteiger partial charge in [0.25, 0.3) is 0 Å². The predicted octanol–water partition coefficient (Wildman–Crippen LogP) is 4.08. The third kappa shape index (κ3) is 4.94. The van der Waals surface area contributed by atoms with Gasteiger partial charge in [0.1, 0.15) is 0 Å². The average Bonchev–Trinajstić information content (AvgIpc) is 3.31. The van der Waals surface area contributed by atoms with Crippen LogP contribution in [0.15, 0.2) is 52.3 Å². The highest BCUT2D eigenvalue weighted by atomic mass is 32.2. The van der Waals surface area contributed by atoms with Crippen LogP contribution in [0.5, 0.6) is 0 Å². The highest BCUT2D eigenvalue weighted by Gasteiger charge is 2.35. The smallest absolute Gasteiger partial charge is 0.244 e. The molecular weight excluding hydrogens is 501 g/mol. The van der Waals surface area contributed by atoms with Crippen LogP contribution in [-0.2, 0) is 14.8 Å². The maximum atomic E-state index is 13.2. The average molecular weight is 531 g/mol. The van der Waals surface area contributed by atoms with Crippen LogP contribution >= 0.6 is 23.1 Å².